The van der Waals surface area contributed by atoms with E-state index in [4.69, 9.17) is 15.3 Å². The Kier molecular flexibility index (Phi) is 11.7. The van der Waals surface area contributed by atoms with Crippen LogP contribution in [0.5, 0.6) is 17.2 Å². The van der Waals surface area contributed by atoms with Gasteiger partial charge in [-0.15, -0.1) is 0 Å². The van der Waals surface area contributed by atoms with Crippen molar-refractivity contribution in [3.8, 4) is 17.2 Å². The smallest absolute Gasteiger partial charge is 0.744 e. The van der Waals surface area contributed by atoms with E-state index in [0.717, 1.165) is 72.8 Å². The van der Waals surface area contributed by atoms with Gasteiger partial charge in [0.25, 0.3) is 0 Å². The predicted molar refractivity (Wildman–Crippen MR) is 108 cm³/mol. The van der Waals surface area contributed by atoms with Crippen LogP contribution in [0, 0.1) is 0 Å². The second-order valence-electron chi connectivity index (χ2n) is 5.84. The Labute approximate surface area is 205 Å². The van der Waals surface area contributed by atoms with Gasteiger partial charge in [0.2, 0.25) is 0 Å². The van der Waals surface area contributed by atoms with Gasteiger partial charge in [0, 0.05) is 0 Å². The van der Waals surface area contributed by atoms with E-state index in [2.05, 4.69) is 0 Å². The average Bonchev–Trinajstić information content (AvgIpc) is 2.68. The minimum Gasteiger partial charge on any atom is -0.744 e. The molecule has 3 aromatic carbocycles. The molecule has 0 saturated carbocycles. The largest absolute Gasteiger partial charge is 3.00 e. The monoisotopic (exact) mass is 575 g/mol. The van der Waals surface area contributed by atoms with Gasteiger partial charge in [-0.05, 0) is 72.8 Å². The standard InChI is InChI=1S/3C6H6O4S.Fe/c3*7-5-1-3-6(4-2-5)11(8,9)10;/h3*1-4,7H,(H,8,9,10);/q;;;+3/p-3. The second kappa shape index (κ2) is 12.7. The summed E-state index contributed by atoms with van der Waals surface area (Å²) in [6, 6.07) is 13.2. The Morgan fingerprint density at radius 1 is 0.412 bits per heavy atom. The molecule has 0 aliphatic carbocycles. The van der Waals surface area contributed by atoms with E-state index in [1.165, 1.54) is 0 Å². The molecule has 0 bridgehead atoms. The van der Waals surface area contributed by atoms with Gasteiger partial charge in [0.15, 0.2) is 0 Å². The number of aromatic hydroxyl groups is 3. The second-order valence-corrected chi connectivity index (χ2v) is 9.98. The SMILES string of the molecule is O=S(=O)([O-])c1ccc(O)cc1.O=S(=O)([O-])c1ccc(O)cc1.O=S(=O)([O-])c1ccc(O)cc1.[Fe+3]. The van der Waals surface area contributed by atoms with E-state index >= 15 is 0 Å². The van der Waals surface area contributed by atoms with Gasteiger partial charge in [-0.25, -0.2) is 25.3 Å². The maximum atomic E-state index is 10.3. The van der Waals surface area contributed by atoms with Crippen LogP contribution in [-0.2, 0) is 47.4 Å². The molecular weight excluding hydrogens is 560 g/mol. The van der Waals surface area contributed by atoms with E-state index in [1.54, 1.807) is 0 Å². The van der Waals surface area contributed by atoms with Gasteiger partial charge < -0.3 is 29.0 Å². The molecule has 34 heavy (non-hydrogen) atoms. The zero-order chi connectivity index (χ0) is 25.4. The summed E-state index contributed by atoms with van der Waals surface area (Å²) in [6.07, 6.45) is 0. The molecule has 185 valence electrons. The summed E-state index contributed by atoms with van der Waals surface area (Å²) in [6.45, 7) is 0. The van der Waals surface area contributed by atoms with Crippen molar-refractivity contribution in [2.45, 2.75) is 14.7 Å². The normalized spacial score (nSPS) is 11.0. The summed E-state index contributed by atoms with van der Waals surface area (Å²) in [5.74, 6) is -0.216. The third-order valence-electron chi connectivity index (χ3n) is 3.38. The van der Waals surface area contributed by atoms with Gasteiger partial charge in [0.1, 0.15) is 47.6 Å². The van der Waals surface area contributed by atoms with Crippen LogP contribution < -0.4 is 0 Å². The molecule has 0 saturated heterocycles. The molecule has 3 rings (SSSR count). The van der Waals surface area contributed by atoms with E-state index in [9.17, 15) is 38.9 Å². The Bertz CT molecular complexity index is 1190. The molecule has 0 aromatic heterocycles. The van der Waals surface area contributed by atoms with Gasteiger partial charge in [-0.3, -0.25) is 0 Å². The number of hydrogen-bond acceptors (Lipinski definition) is 12. The Balaban J connectivity index is 0.000000473. The molecule has 3 N–H and O–H groups in total. The molecule has 0 fully saturated rings. The zero-order valence-electron chi connectivity index (χ0n) is 16.5. The van der Waals surface area contributed by atoms with E-state index in [0.29, 0.717) is 0 Å². The first-order chi connectivity index (χ1) is 15.0. The van der Waals surface area contributed by atoms with Gasteiger partial charge in [-0.1, -0.05) is 0 Å². The fourth-order valence-corrected chi connectivity index (χ4v) is 3.25. The number of phenols is 3. The van der Waals surface area contributed by atoms with Crippen molar-refractivity contribution < 1.29 is 71.3 Å². The number of phenolic OH excluding ortho intramolecular Hbond substituents is 3. The van der Waals surface area contributed by atoms with E-state index < -0.39 is 30.4 Å². The number of rotatable bonds is 3. The minimum atomic E-state index is -4.38. The van der Waals surface area contributed by atoms with Crippen LogP contribution in [0.4, 0.5) is 0 Å². The predicted octanol–water partition coefficient (Wildman–Crippen LogP) is 0.886. The summed E-state index contributed by atoms with van der Waals surface area (Å²) in [5.41, 5.74) is 0. The maximum absolute atomic E-state index is 10.3. The van der Waals surface area contributed by atoms with Gasteiger partial charge >= 0.3 is 17.1 Å². The van der Waals surface area contributed by atoms with Gasteiger partial charge in [0.05, 0.1) is 14.7 Å². The van der Waals surface area contributed by atoms with Crippen molar-refractivity contribution >= 4 is 30.4 Å². The molecule has 3 aromatic rings. The van der Waals surface area contributed by atoms with Crippen molar-refractivity contribution in [1.29, 1.82) is 0 Å². The first-order valence-corrected chi connectivity index (χ1v) is 12.5. The van der Waals surface area contributed by atoms with Crippen LogP contribution in [-0.4, -0.2) is 54.2 Å². The van der Waals surface area contributed by atoms with Crippen LogP contribution >= 0.6 is 0 Å². The molecule has 16 heteroatoms. The molecule has 0 aliphatic rings. The molecular formula is C18H15FeO12S3. The summed E-state index contributed by atoms with van der Waals surface area (Å²) < 4.78 is 92.8. The first kappa shape index (κ1) is 31.3. The van der Waals surface area contributed by atoms with Crippen LogP contribution in [0.15, 0.2) is 87.5 Å². The quantitative estimate of drug-likeness (QED) is 0.292. The summed E-state index contributed by atoms with van der Waals surface area (Å²) >= 11 is 0. The number of hydrogen-bond donors (Lipinski definition) is 3. The fourth-order valence-electron chi connectivity index (χ4n) is 1.84. The zero-order valence-corrected chi connectivity index (χ0v) is 20.1. The molecule has 0 spiro atoms. The van der Waals surface area contributed by atoms with Crippen LogP contribution in [0.3, 0.4) is 0 Å². The number of benzene rings is 3. The Morgan fingerprint density at radius 2 is 0.559 bits per heavy atom. The minimum absolute atomic E-state index is 0. The topological polar surface area (TPSA) is 232 Å². The summed E-state index contributed by atoms with van der Waals surface area (Å²) in [4.78, 5) is -1.01. The van der Waals surface area contributed by atoms with Crippen LogP contribution in [0.2, 0.25) is 0 Å². The molecule has 1 radical (unpaired) electrons. The van der Waals surface area contributed by atoms with Crippen LogP contribution in [0.1, 0.15) is 0 Å². The molecule has 0 atom stereocenters. The van der Waals surface area contributed by atoms with Crippen molar-refractivity contribution in [2.24, 2.45) is 0 Å². The molecule has 0 unspecified atom stereocenters. The Morgan fingerprint density at radius 3 is 0.676 bits per heavy atom. The van der Waals surface area contributed by atoms with Gasteiger partial charge in [-0.2, -0.15) is 0 Å². The van der Waals surface area contributed by atoms with E-state index in [1.807, 2.05) is 0 Å². The van der Waals surface area contributed by atoms with Crippen molar-refractivity contribution in [2.75, 3.05) is 0 Å². The molecule has 12 nitrogen and oxygen atoms in total. The molecule has 0 amide bonds. The summed E-state index contributed by atoms with van der Waals surface area (Å²) in [5, 5.41) is 26.2. The molecule has 0 aliphatic heterocycles. The van der Waals surface area contributed by atoms with Crippen molar-refractivity contribution in [3.05, 3.63) is 72.8 Å². The molecule has 0 heterocycles. The first-order valence-electron chi connectivity index (χ1n) is 8.25. The Hall–Kier alpha value is -2.69. The third-order valence-corrected chi connectivity index (χ3v) is 5.92. The van der Waals surface area contributed by atoms with Crippen LogP contribution in [0.25, 0.3) is 0 Å². The fraction of sp³-hybridized carbons (Fsp3) is 0. The summed E-state index contributed by atoms with van der Waals surface area (Å²) in [7, 11) is -13.1. The maximum Gasteiger partial charge on any atom is 3.00 e. The third kappa shape index (κ3) is 11.4. The average molecular weight is 575 g/mol. The van der Waals surface area contributed by atoms with E-state index in [-0.39, 0.29) is 49.0 Å². The van der Waals surface area contributed by atoms with Crippen molar-refractivity contribution in [1.82, 2.24) is 0 Å². The van der Waals surface area contributed by atoms with Crippen molar-refractivity contribution in [3.63, 3.8) is 0 Å².